The third-order valence-electron chi connectivity index (χ3n) is 1.66. The molecule has 0 N–H and O–H groups in total. The molecular formula is C10H13NOS. The maximum atomic E-state index is 10.0. The number of aldehydes is 1. The maximum absolute atomic E-state index is 10.0. The summed E-state index contributed by atoms with van der Waals surface area (Å²) >= 11 is 1.82. The van der Waals surface area contributed by atoms with Crippen LogP contribution in [0.5, 0.6) is 0 Å². The highest BCUT2D eigenvalue weighted by molar-refractivity contribution is 7.99. The van der Waals surface area contributed by atoms with Crippen molar-refractivity contribution in [3.63, 3.8) is 0 Å². The number of aromatic nitrogens is 1. The van der Waals surface area contributed by atoms with Gasteiger partial charge in [0, 0.05) is 18.8 Å². The van der Waals surface area contributed by atoms with E-state index in [1.807, 2.05) is 36.3 Å². The summed E-state index contributed by atoms with van der Waals surface area (Å²) in [6, 6.07) is 4.06. The van der Waals surface area contributed by atoms with Crippen LogP contribution in [0.25, 0.3) is 0 Å². The predicted molar refractivity (Wildman–Crippen MR) is 55.9 cm³/mol. The first-order valence-corrected chi connectivity index (χ1v) is 5.49. The Morgan fingerprint density at radius 1 is 1.31 bits per heavy atom. The van der Waals surface area contributed by atoms with Crippen LogP contribution in [0.4, 0.5) is 0 Å². The van der Waals surface area contributed by atoms with Gasteiger partial charge in [-0.3, -0.25) is 4.98 Å². The van der Waals surface area contributed by atoms with Crippen molar-refractivity contribution >= 4 is 18.0 Å². The highest BCUT2D eigenvalue weighted by Gasteiger charge is 1.92. The van der Waals surface area contributed by atoms with Crippen molar-refractivity contribution in [2.75, 3.05) is 11.5 Å². The molecule has 0 aliphatic heterocycles. The molecule has 1 heterocycles. The second-order valence-corrected chi connectivity index (χ2v) is 3.90. The van der Waals surface area contributed by atoms with Crippen molar-refractivity contribution in [2.45, 2.75) is 12.8 Å². The van der Waals surface area contributed by atoms with E-state index in [0.29, 0.717) is 6.42 Å². The van der Waals surface area contributed by atoms with E-state index in [2.05, 4.69) is 4.98 Å². The third kappa shape index (κ3) is 4.68. The Morgan fingerprint density at radius 3 is 2.77 bits per heavy atom. The SMILES string of the molecule is O=CCCSCCc1ccncc1. The number of rotatable bonds is 6. The number of carbonyl (C=O) groups is 1. The van der Waals surface area contributed by atoms with Gasteiger partial charge < -0.3 is 4.79 Å². The van der Waals surface area contributed by atoms with Crippen LogP contribution in [-0.2, 0) is 11.2 Å². The molecule has 0 bridgehead atoms. The van der Waals surface area contributed by atoms with Gasteiger partial charge in [0.05, 0.1) is 0 Å². The van der Waals surface area contributed by atoms with Crippen LogP contribution < -0.4 is 0 Å². The number of thioether (sulfide) groups is 1. The Morgan fingerprint density at radius 2 is 2.08 bits per heavy atom. The van der Waals surface area contributed by atoms with Crippen LogP contribution in [0, 0.1) is 0 Å². The third-order valence-corrected chi connectivity index (χ3v) is 2.68. The van der Waals surface area contributed by atoms with E-state index in [0.717, 1.165) is 24.2 Å². The number of carbonyl (C=O) groups excluding carboxylic acids is 1. The van der Waals surface area contributed by atoms with Crippen LogP contribution in [-0.4, -0.2) is 22.8 Å². The van der Waals surface area contributed by atoms with Gasteiger partial charge >= 0.3 is 0 Å². The minimum Gasteiger partial charge on any atom is -0.303 e. The van der Waals surface area contributed by atoms with E-state index in [1.54, 1.807) is 0 Å². The fraction of sp³-hybridized carbons (Fsp3) is 0.400. The van der Waals surface area contributed by atoms with E-state index in [1.165, 1.54) is 5.56 Å². The smallest absolute Gasteiger partial charge is 0.120 e. The molecular weight excluding hydrogens is 182 g/mol. The molecule has 1 aromatic rings. The van der Waals surface area contributed by atoms with Crippen molar-refractivity contribution in [1.82, 2.24) is 4.98 Å². The first-order chi connectivity index (χ1) is 6.43. The molecule has 0 saturated carbocycles. The molecule has 0 fully saturated rings. The van der Waals surface area contributed by atoms with Crippen molar-refractivity contribution in [2.24, 2.45) is 0 Å². The molecule has 0 aromatic carbocycles. The Kier molecular flexibility index (Phi) is 5.25. The van der Waals surface area contributed by atoms with Crippen LogP contribution in [0.3, 0.4) is 0 Å². The lowest BCUT2D eigenvalue weighted by atomic mass is 10.2. The number of aryl methyl sites for hydroxylation is 1. The number of hydrogen-bond acceptors (Lipinski definition) is 3. The Balaban J connectivity index is 2.10. The van der Waals surface area contributed by atoms with Gasteiger partial charge in [0.25, 0.3) is 0 Å². The quantitative estimate of drug-likeness (QED) is 0.513. The molecule has 0 amide bonds. The van der Waals surface area contributed by atoms with Crippen molar-refractivity contribution in [3.05, 3.63) is 30.1 Å². The van der Waals surface area contributed by atoms with Gasteiger partial charge in [-0.1, -0.05) is 0 Å². The summed E-state index contributed by atoms with van der Waals surface area (Å²) in [5, 5.41) is 0. The Hall–Kier alpha value is -0.830. The van der Waals surface area contributed by atoms with Gasteiger partial charge in [-0.15, -0.1) is 0 Å². The minimum absolute atomic E-state index is 0.668. The molecule has 1 aromatic heterocycles. The predicted octanol–water partition coefficient (Wildman–Crippen LogP) is 1.95. The zero-order chi connectivity index (χ0) is 9.36. The molecule has 0 spiro atoms. The zero-order valence-corrected chi connectivity index (χ0v) is 8.30. The molecule has 0 unspecified atom stereocenters. The number of nitrogens with zero attached hydrogens (tertiary/aromatic N) is 1. The van der Waals surface area contributed by atoms with E-state index in [9.17, 15) is 4.79 Å². The zero-order valence-electron chi connectivity index (χ0n) is 7.48. The molecule has 70 valence electrons. The van der Waals surface area contributed by atoms with E-state index in [-0.39, 0.29) is 0 Å². The van der Waals surface area contributed by atoms with Crippen LogP contribution in [0.1, 0.15) is 12.0 Å². The summed E-state index contributed by atoms with van der Waals surface area (Å²) in [6.45, 7) is 0. The normalized spacial score (nSPS) is 9.85. The molecule has 13 heavy (non-hydrogen) atoms. The van der Waals surface area contributed by atoms with E-state index >= 15 is 0 Å². The standard InChI is InChI=1S/C10H13NOS/c12-7-1-8-13-9-4-10-2-5-11-6-3-10/h2-3,5-7H,1,4,8-9H2. The monoisotopic (exact) mass is 195 g/mol. The van der Waals surface area contributed by atoms with Crippen LogP contribution in [0.2, 0.25) is 0 Å². The van der Waals surface area contributed by atoms with Crippen molar-refractivity contribution in [3.8, 4) is 0 Å². The second kappa shape index (κ2) is 6.66. The largest absolute Gasteiger partial charge is 0.303 e. The maximum Gasteiger partial charge on any atom is 0.120 e. The summed E-state index contributed by atoms with van der Waals surface area (Å²) in [5.41, 5.74) is 1.31. The topological polar surface area (TPSA) is 30.0 Å². The summed E-state index contributed by atoms with van der Waals surface area (Å²) in [6.07, 6.45) is 6.32. The molecule has 0 radical (unpaired) electrons. The summed E-state index contributed by atoms with van der Waals surface area (Å²) in [7, 11) is 0. The summed E-state index contributed by atoms with van der Waals surface area (Å²) in [4.78, 5) is 14.0. The lowest BCUT2D eigenvalue weighted by molar-refractivity contribution is -0.107. The molecule has 0 aliphatic rings. The fourth-order valence-corrected chi connectivity index (χ4v) is 1.82. The molecule has 3 heteroatoms. The number of pyridine rings is 1. The van der Waals surface area contributed by atoms with Gasteiger partial charge in [-0.25, -0.2) is 0 Å². The average Bonchev–Trinajstić information content (AvgIpc) is 2.19. The van der Waals surface area contributed by atoms with Gasteiger partial charge in [0.15, 0.2) is 0 Å². The lowest BCUT2D eigenvalue weighted by Gasteiger charge is -1.99. The van der Waals surface area contributed by atoms with Crippen LogP contribution in [0.15, 0.2) is 24.5 Å². The first-order valence-electron chi connectivity index (χ1n) is 4.34. The minimum atomic E-state index is 0.668. The lowest BCUT2D eigenvalue weighted by Crippen LogP contribution is -1.90. The molecule has 2 nitrogen and oxygen atoms in total. The Bertz CT molecular complexity index is 238. The number of hydrogen-bond donors (Lipinski definition) is 0. The highest BCUT2D eigenvalue weighted by Crippen LogP contribution is 2.06. The van der Waals surface area contributed by atoms with Gasteiger partial charge in [-0.05, 0) is 35.6 Å². The van der Waals surface area contributed by atoms with E-state index < -0.39 is 0 Å². The summed E-state index contributed by atoms with van der Waals surface area (Å²) in [5.74, 6) is 2.02. The molecule has 1 rings (SSSR count). The van der Waals surface area contributed by atoms with Gasteiger partial charge in [-0.2, -0.15) is 11.8 Å². The van der Waals surface area contributed by atoms with Crippen molar-refractivity contribution < 1.29 is 4.79 Å². The van der Waals surface area contributed by atoms with Gasteiger partial charge in [0.2, 0.25) is 0 Å². The second-order valence-electron chi connectivity index (χ2n) is 2.67. The van der Waals surface area contributed by atoms with E-state index in [4.69, 9.17) is 0 Å². The fourth-order valence-electron chi connectivity index (χ4n) is 0.973. The van der Waals surface area contributed by atoms with Crippen LogP contribution >= 0.6 is 11.8 Å². The van der Waals surface area contributed by atoms with Gasteiger partial charge in [0.1, 0.15) is 6.29 Å². The molecule has 0 atom stereocenters. The van der Waals surface area contributed by atoms with Crippen molar-refractivity contribution in [1.29, 1.82) is 0 Å². The summed E-state index contributed by atoms with van der Waals surface area (Å²) < 4.78 is 0. The molecule has 0 saturated heterocycles. The highest BCUT2D eigenvalue weighted by atomic mass is 32.2. The average molecular weight is 195 g/mol. The Labute approximate surface area is 82.8 Å². The molecule has 0 aliphatic carbocycles. The first kappa shape index (κ1) is 10.3.